The Kier molecular flexibility index (Phi) is 5.85. The lowest BCUT2D eigenvalue weighted by Crippen LogP contribution is -2.30. The summed E-state index contributed by atoms with van der Waals surface area (Å²) in [4.78, 5) is 0. The van der Waals surface area contributed by atoms with Crippen molar-refractivity contribution < 1.29 is 4.74 Å². The first-order valence-electron chi connectivity index (χ1n) is 6.74. The summed E-state index contributed by atoms with van der Waals surface area (Å²) in [6.45, 7) is 3.93. The van der Waals surface area contributed by atoms with Gasteiger partial charge in [0.25, 0.3) is 0 Å². The normalized spacial score (nSPS) is 11.9. The van der Waals surface area contributed by atoms with Crippen LogP contribution in [0.4, 0.5) is 0 Å². The molecule has 1 atom stereocenters. The maximum absolute atomic E-state index is 5.56. The van der Waals surface area contributed by atoms with Gasteiger partial charge >= 0.3 is 0 Å². The molecule has 1 N–H and O–H groups in total. The van der Waals surface area contributed by atoms with Crippen molar-refractivity contribution in [3.63, 3.8) is 0 Å². The maximum atomic E-state index is 5.56. The highest BCUT2D eigenvalue weighted by atomic mass is 79.9. The fraction of sp³-hybridized carbons (Fsp3) is 0.312. The Labute approximate surface area is 133 Å². The maximum Gasteiger partial charge on any atom is 0.148 e. The molecule has 0 radical (unpaired) electrons. The summed E-state index contributed by atoms with van der Waals surface area (Å²) in [5.74, 6) is 3.30. The van der Waals surface area contributed by atoms with E-state index in [1.54, 1.807) is 6.20 Å². The minimum Gasteiger partial charge on any atom is -0.481 e. The van der Waals surface area contributed by atoms with E-state index in [0.717, 1.165) is 22.3 Å². The summed E-state index contributed by atoms with van der Waals surface area (Å²) in [7, 11) is 0. The Balaban J connectivity index is 1.95. The molecular weight excluding hydrogens is 330 g/mol. The molecule has 0 spiro atoms. The zero-order valence-corrected chi connectivity index (χ0v) is 13.5. The number of ether oxygens (including phenoxy) is 1. The van der Waals surface area contributed by atoms with Crippen LogP contribution in [0.25, 0.3) is 0 Å². The topological polar surface area (TPSA) is 39.1 Å². The Bertz CT molecular complexity index is 604. The van der Waals surface area contributed by atoms with Crippen LogP contribution in [0.2, 0.25) is 0 Å². The highest BCUT2D eigenvalue weighted by Crippen LogP contribution is 2.23. The van der Waals surface area contributed by atoms with Crippen LogP contribution in [0.15, 0.2) is 41.1 Å². The van der Waals surface area contributed by atoms with Gasteiger partial charge in [-0.15, -0.1) is 6.42 Å². The third-order valence-corrected chi connectivity index (χ3v) is 3.49. The van der Waals surface area contributed by atoms with Gasteiger partial charge in [0.05, 0.1) is 6.54 Å². The molecule has 1 heterocycles. The Hall–Kier alpha value is -1.77. The summed E-state index contributed by atoms with van der Waals surface area (Å²) in [6.07, 6.45) is 8.99. The quantitative estimate of drug-likeness (QED) is 0.782. The molecule has 110 valence electrons. The van der Waals surface area contributed by atoms with Crippen LogP contribution in [-0.4, -0.2) is 22.4 Å². The van der Waals surface area contributed by atoms with Crippen LogP contribution in [0.5, 0.6) is 5.75 Å². The number of benzene rings is 1. The zero-order valence-electron chi connectivity index (χ0n) is 11.9. The molecule has 0 amide bonds. The molecule has 21 heavy (non-hydrogen) atoms. The Morgan fingerprint density at radius 1 is 1.52 bits per heavy atom. The molecule has 0 aliphatic carbocycles. The van der Waals surface area contributed by atoms with Crippen LogP contribution >= 0.6 is 15.9 Å². The number of halogens is 1. The minimum atomic E-state index is 0.275. The second kappa shape index (κ2) is 7.87. The van der Waals surface area contributed by atoms with Gasteiger partial charge in [0, 0.05) is 35.0 Å². The first-order valence-corrected chi connectivity index (χ1v) is 7.54. The number of nitrogens with zero attached hydrogens (tertiary/aromatic N) is 2. The first kappa shape index (κ1) is 15.6. The standard InChI is InChI=1S/C16H18BrN3O/c1-3-9-21-16-6-5-15(17)10-14(16)11-18-13(2)12-20-8-4-7-19-20/h1,4-8,10,13,18H,9,11-12H2,2H3. The van der Waals surface area contributed by atoms with E-state index in [9.17, 15) is 0 Å². The number of hydrogen-bond donors (Lipinski definition) is 1. The lowest BCUT2D eigenvalue weighted by molar-refractivity contribution is 0.362. The van der Waals surface area contributed by atoms with Crippen LogP contribution in [-0.2, 0) is 13.1 Å². The van der Waals surface area contributed by atoms with Crippen molar-refractivity contribution in [1.29, 1.82) is 0 Å². The van der Waals surface area contributed by atoms with E-state index < -0.39 is 0 Å². The molecule has 1 aromatic carbocycles. The number of rotatable bonds is 7. The van der Waals surface area contributed by atoms with Gasteiger partial charge in [-0.25, -0.2) is 0 Å². The van der Waals surface area contributed by atoms with Gasteiger partial charge in [0.2, 0.25) is 0 Å². The van der Waals surface area contributed by atoms with E-state index in [-0.39, 0.29) is 6.61 Å². The van der Waals surface area contributed by atoms with Crippen LogP contribution in [0.3, 0.4) is 0 Å². The van der Waals surface area contributed by atoms with E-state index in [2.05, 4.69) is 39.2 Å². The smallest absolute Gasteiger partial charge is 0.148 e. The average Bonchev–Trinajstić information content (AvgIpc) is 2.97. The van der Waals surface area contributed by atoms with E-state index in [1.807, 2.05) is 35.1 Å². The van der Waals surface area contributed by atoms with E-state index in [4.69, 9.17) is 11.2 Å². The molecule has 0 fully saturated rings. The fourth-order valence-electron chi connectivity index (χ4n) is 1.98. The zero-order chi connectivity index (χ0) is 15.1. The van der Waals surface area contributed by atoms with Gasteiger partial charge < -0.3 is 10.1 Å². The van der Waals surface area contributed by atoms with Gasteiger partial charge in [0.15, 0.2) is 0 Å². The molecule has 2 rings (SSSR count). The number of hydrogen-bond acceptors (Lipinski definition) is 3. The van der Waals surface area contributed by atoms with Crippen molar-refractivity contribution in [2.45, 2.75) is 26.1 Å². The summed E-state index contributed by atoms with van der Waals surface area (Å²) in [5, 5.41) is 7.67. The molecule has 0 saturated carbocycles. The molecule has 5 heteroatoms. The fourth-order valence-corrected chi connectivity index (χ4v) is 2.39. The SMILES string of the molecule is C#CCOc1ccc(Br)cc1CNC(C)Cn1cccn1. The Morgan fingerprint density at radius 2 is 2.38 bits per heavy atom. The number of nitrogens with one attached hydrogen (secondary N) is 1. The van der Waals surface area contributed by atoms with Crippen molar-refractivity contribution in [2.24, 2.45) is 0 Å². The van der Waals surface area contributed by atoms with Gasteiger partial charge in [-0.1, -0.05) is 21.9 Å². The van der Waals surface area contributed by atoms with E-state index in [1.165, 1.54) is 0 Å². The van der Waals surface area contributed by atoms with Crippen molar-refractivity contribution in [1.82, 2.24) is 15.1 Å². The summed E-state index contributed by atoms with van der Waals surface area (Å²) < 4.78 is 8.50. The van der Waals surface area contributed by atoms with Gasteiger partial charge in [-0.2, -0.15) is 5.10 Å². The van der Waals surface area contributed by atoms with Gasteiger partial charge in [-0.3, -0.25) is 4.68 Å². The molecule has 0 aliphatic heterocycles. The molecule has 1 aromatic heterocycles. The highest BCUT2D eigenvalue weighted by molar-refractivity contribution is 9.10. The molecule has 1 unspecified atom stereocenters. The predicted octanol–water partition coefficient (Wildman–Crippen LogP) is 2.84. The van der Waals surface area contributed by atoms with E-state index in [0.29, 0.717) is 12.6 Å². The summed E-state index contributed by atoms with van der Waals surface area (Å²) >= 11 is 3.48. The monoisotopic (exact) mass is 347 g/mol. The number of aromatic nitrogens is 2. The number of terminal acetylenes is 1. The lowest BCUT2D eigenvalue weighted by atomic mass is 10.2. The molecular formula is C16H18BrN3O. The largest absolute Gasteiger partial charge is 0.481 e. The third-order valence-electron chi connectivity index (χ3n) is 2.99. The first-order chi connectivity index (χ1) is 10.2. The van der Waals surface area contributed by atoms with Crippen molar-refractivity contribution in [3.8, 4) is 18.1 Å². The van der Waals surface area contributed by atoms with Crippen LogP contribution < -0.4 is 10.1 Å². The Morgan fingerprint density at radius 3 is 3.10 bits per heavy atom. The molecule has 4 nitrogen and oxygen atoms in total. The lowest BCUT2D eigenvalue weighted by Gasteiger charge is -2.16. The molecule has 0 bridgehead atoms. The summed E-state index contributed by atoms with van der Waals surface area (Å²) in [5.41, 5.74) is 1.08. The van der Waals surface area contributed by atoms with Crippen molar-refractivity contribution in [2.75, 3.05) is 6.61 Å². The van der Waals surface area contributed by atoms with E-state index >= 15 is 0 Å². The molecule has 2 aromatic rings. The third kappa shape index (κ3) is 4.92. The van der Waals surface area contributed by atoms with Crippen LogP contribution in [0.1, 0.15) is 12.5 Å². The van der Waals surface area contributed by atoms with Crippen molar-refractivity contribution in [3.05, 3.63) is 46.7 Å². The molecule has 0 aliphatic rings. The highest BCUT2D eigenvalue weighted by Gasteiger charge is 2.07. The predicted molar refractivity (Wildman–Crippen MR) is 87.0 cm³/mol. The average molecular weight is 348 g/mol. The minimum absolute atomic E-state index is 0.275. The van der Waals surface area contributed by atoms with Gasteiger partial charge in [-0.05, 0) is 31.2 Å². The van der Waals surface area contributed by atoms with Crippen LogP contribution in [0, 0.1) is 12.3 Å². The second-order valence-corrected chi connectivity index (χ2v) is 5.67. The summed E-state index contributed by atoms with van der Waals surface area (Å²) in [6, 6.07) is 8.13. The van der Waals surface area contributed by atoms with Crippen molar-refractivity contribution >= 4 is 15.9 Å². The van der Waals surface area contributed by atoms with Gasteiger partial charge in [0.1, 0.15) is 12.4 Å². The molecule has 0 saturated heterocycles. The second-order valence-electron chi connectivity index (χ2n) is 4.75.